The molecule has 1 aromatic heterocycles. The molecule has 0 radical (unpaired) electrons. The molecule has 156 valence electrons. The average Bonchev–Trinajstić information content (AvgIpc) is 3.02. The van der Waals surface area contributed by atoms with Crippen molar-refractivity contribution in [2.75, 3.05) is 39.0 Å². The van der Waals surface area contributed by atoms with Crippen LogP contribution in [-0.4, -0.2) is 62.6 Å². The van der Waals surface area contributed by atoms with Crippen molar-refractivity contribution in [1.82, 2.24) is 19.9 Å². The number of halogens is 3. The minimum Gasteiger partial charge on any atom is -0.357 e. The van der Waals surface area contributed by atoms with Gasteiger partial charge in [-0.25, -0.2) is 17.7 Å². The van der Waals surface area contributed by atoms with Crippen molar-refractivity contribution in [1.29, 1.82) is 0 Å². The van der Waals surface area contributed by atoms with Gasteiger partial charge < -0.3 is 10.6 Å². The number of hydrogen-bond acceptors (Lipinski definition) is 5. The quantitative estimate of drug-likeness (QED) is 0.337. The summed E-state index contributed by atoms with van der Waals surface area (Å²) >= 11 is 0.977. The number of guanidine groups is 1. The molecule has 0 aliphatic carbocycles. The molecule has 0 spiro atoms. The van der Waals surface area contributed by atoms with E-state index in [0.29, 0.717) is 56.5 Å². The highest BCUT2D eigenvalue weighted by Crippen LogP contribution is 2.29. The van der Waals surface area contributed by atoms with E-state index in [1.165, 1.54) is 10.6 Å². The van der Waals surface area contributed by atoms with Crippen molar-refractivity contribution in [2.45, 2.75) is 32.9 Å². The van der Waals surface area contributed by atoms with Gasteiger partial charge in [0.25, 0.3) is 0 Å². The Morgan fingerprint density at radius 1 is 1.33 bits per heavy atom. The van der Waals surface area contributed by atoms with Crippen LogP contribution in [0.4, 0.5) is 13.2 Å². The van der Waals surface area contributed by atoms with E-state index in [0.717, 1.165) is 16.7 Å². The molecule has 7 nitrogen and oxygen atoms in total. The Hall–Kier alpha value is -1.40. The van der Waals surface area contributed by atoms with Gasteiger partial charge in [-0.3, -0.25) is 4.99 Å². The largest absolute Gasteiger partial charge is 0.434 e. The van der Waals surface area contributed by atoms with Crippen LogP contribution in [0, 0.1) is 0 Å². The Bertz CT molecular complexity index is 705. The smallest absolute Gasteiger partial charge is 0.357 e. The summed E-state index contributed by atoms with van der Waals surface area (Å²) in [6.45, 7) is 5.92. The number of nitrogens with zero attached hydrogens (tertiary/aromatic N) is 3. The van der Waals surface area contributed by atoms with Gasteiger partial charge in [0, 0.05) is 44.5 Å². The van der Waals surface area contributed by atoms with Crippen LogP contribution in [-0.2, 0) is 22.6 Å². The van der Waals surface area contributed by atoms with E-state index < -0.39 is 21.9 Å². The molecule has 0 aliphatic heterocycles. The number of nitrogens with one attached hydrogen (secondary N) is 2. The second kappa shape index (κ2) is 10.8. The van der Waals surface area contributed by atoms with Crippen molar-refractivity contribution >= 4 is 27.3 Å². The molecule has 0 atom stereocenters. The molecule has 27 heavy (non-hydrogen) atoms. The summed E-state index contributed by atoms with van der Waals surface area (Å²) in [4.78, 5) is 7.94. The van der Waals surface area contributed by atoms with Gasteiger partial charge in [-0.15, -0.1) is 11.3 Å². The molecule has 0 unspecified atom stereocenters. The molecule has 0 aromatic carbocycles. The zero-order chi connectivity index (χ0) is 20.5. The molecular weight excluding hydrogens is 403 g/mol. The van der Waals surface area contributed by atoms with E-state index >= 15 is 0 Å². The number of hydrogen-bond donors (Lipinski definition) is 2. The van der Waals surface area contributed by atoms with E-state index in [4.69, 9.17) is 0 Å². The molecule has 2 N–H and O–H groups in total. The molecule has 1 heterocycles. The fraction of sp³-hybridized carbons (Fsp3) is 0.733. The number of thiazole rings is 1. The van der Waals surface area contributed by atoms with Gasteiger partial charge in [-0.2, -0.15) is 13.2 Å². The van der Waals surface area contributed by atoms with Crippen molar-refractivity contribution in [3.05, 3.63) is 16.1 Å². The molecular formula is C15H26F3N5O2S2. The predicted molar refractivity (Wildman–Crippen MR) is 102 cm³/mol. The van der Waals surface area contributed by atoms with Gasteiger partial charge in [-0.05, 0) is 13.3 Å². The van der Waals surface area contributed by atoms with E-state index in [2.05, 4.69) is 20.6 Å². The molecule has 12 heteroatoms. The lowest BCUT2D eigenvalue weighted by Gasteiger charge is -2.17. The maximum atomic E-state index is 12.5. The van der Waals surface area contributed by atoms with Gasteiger partial charge in [0.05, 0.1) is 11.3 Å². The van der Waals surface area contributed by atoms with Crippen LogP contribution in [0.25, 0.3) is 0 Å². The zero-order valence-electron chi connectivity index (χ0n) is 15.6. The summed E-state index contributed by atoms with van der Waals surface area (Å²) in [5.74, 6) is 0.535. The Kier molecular flexibility index (Phi) is 9.47. The van der Waals surface area contributed by atoms with Crippen molar-refractivity contribution in [2.24, 2.45) is 4.99 Å². The molecule has 0 amide bonds. The van der Waals surface area contributed by atoms with Gasteiger partial charge in [0.2, 0.25) is 10.0 Å². The summed E-state index contributed by atoms with van der Waals surface area (Å²) < 4.78 is 62.0. The lowest BCUT2D eigenvalue weighted by Crippen LogP contribution is -2.38. The van der Waals surface area contributed by atoms with E-state index in [-0.39, 0.29) is 0 Å². The van der Waals surface area contributed by atoms with Crippen LogP contribution in [0.5, 0.6) is 0 Å². The Balaban J connectivity index is 2.46. The lowest BCUT2D eigenvalue weighted by atomic mass is 10.4. The summed E-state index contributed by atoms with van der Waals surface area (Å²) in [7, 11) is -3.21. The van der Waals surface area contributed by atoms with Crippen molar-refractivity contribution in [3.63, 3.8) is 0 Å². The van der Waals surface area contributed by atoms with Crippen LogP contribution >= 0.6 is 11.3 Å². The SMILES string of the molecule is CCNC(=NCCCN(CC)S(C)(=O)=O)NCCc1nc(C(F)(F)F)cs1. The first-order valence-corrected chi connectivity index (χ1v) is 11.3. The third kappa shape index (κ3) is 8.89. The van der Waals surface area contributed by atoms with Crippen LogP contribution in [0.1, 0.15) is 31.0 Å². The van der Waals surface area contributed by atoms with Crippen LogP contribution in [0.15, 0.2) is 10.4 Å². The minimum atomic E-state index is -4.42. The Labute approximate surface area is 162 Å². The number of aliphatic imine (C=N–C) groups is 1. The Morgan fingerprint density at radius 3 is 2.56 bits per heavy atom. The second-order valence-corrected chi connectivity index (χ2v) is 8.59. The normalized spacial score (nSPS) is 13.2. The van der Waals surface area contributed by atoms with E-state index in [1.807, 2.05) is 6.92 Å². The maximum Gasteiger partial charge on any atom is 0.434 e. The third-order valence-electron chi connectivity index (χ3n) is 3.47. The Morgan fingerprint density at radius 2 is 2.04 bits per heavy atom. The molecule has 1 rings (SSSR count). The standard InChI is InChI=1S/C15H26F3N5O2S2/c1-4-19-14(20-8-6-10-23(5-2)27(3,24)25)21-9-7-13-22-12(11-26-13)15(16,17)18/h11H,4-10H2,1-3H3,(H2,19,20,21). The fourth-order valence-electron chi connectivity index (χ4n) is 2.18. The third-order valence-corrected chi connectivity index (χ3v) is 5.76. The molecule has 0 aliphatic rings. The summed E-state index contributed by atoms with van der Waals surface area (Å²) in [6, 6.07) is 0. The average molecular weight is 430 g/mol. The number of sulfonamides is 1. The monoisotopic (exact) mass is 429 g/mol. The second-order valence-electron chi connectivity index (χ2n) is 5.67. The van der Waals surface area contributed by atoms with Gasteiger partial charge >= 0.3 is 6.18 Å². The summed E-state index contributed by atoms with van der Waals surface area (Å²) in [5.41, 5.74) is -0.866. The molecule has 0 fully saturated rings. The number of alkyl halides is 3. The number of aromatic nitrogens is 1. The minimum absolute atomic E-state index is 0.350. The fourth-order valence-corrected chi connectivity index (χ4v) is 3.92. The van der Waals surface area contributed by atoms with Crippen molar-refractivity contribution < 1.29 is 21.6 Å². The molecule has 0 bridgehead atoms. The highest BCUT2D eigenvalue weighted by molar-refractivity contribution is 7.88. The van der Waals surface area contributed by atoms with E-state index in [9.17, 15) is 21.6 Å². The van der Waals surface area contributed by atoms with Crippen LogP contribution in [0.3, 0.4) is 0 Å². The van der Waals surface area contributed by atoms with Crippen LogP contribution in [0.2, 0.25) is 0 Å². The number of rotatable bonds is 10. The summed E-state index contributed by atoms with van der Waals surface area (Å²) in [5, 5.41) is 7.49. The van der Waals surface area contributed by atoms with Gasteiger partial charge in [0.1, 0.15) is 0 Å². The van der Waals surface area contributed by atoms with Gasteiger partial charge in [-0.1, -0.05) is 6.92 Å². The molecule has 0 saturated carbocycles. The first-order valence-electron chi connectivity index (χ1n) is 8.56. The van der Waals surface area contributed by atoms with Gasteiger partial charge in [0.15, 0.2) is 11.7 Å². The lowest BCUT2D eigenvalue weighted by molar-refractivity contribution is -0.140. The van der Waals surface area contributed by atoms with Crippen LogP contribution < -0.4 is 10.6 Å². The zero-order valence-corrected chi connectivity index (χ0v) is 17.3. The first-order chi connectivity index (χ1) is 12.6. The van der Waals surface area contributed by atoms with E-state index in [1.54, 1.807) is 6.92 Å². The highest BCUT2D eigenvalue weighted by Gasteiger charge is 2.33. The maximum absolute atomic E-state index is 12.5. The molecule has 1 aromatic rings. The molecule has 0 saturated heterocycles. The first kappa shape index (κ1) is 23.6. The summed E-state index contributed by atoms with van der Waals surface area (Å²) in [6.07, 6.45) is -2.33. The predicted octanol–water partition coefficient (Wildman–Crippen LogP) is 1.93. The highest BCUT2D eigenvalue weighted by atomic mass is 32.2. The van der Waals surface area contributed by atoms with Crippen molar-refractivity contribution in [3.8, 4) is 0 Å². The topological polar surface area (TPSA) is 86.7 Å².